The molecule has 7 nitrogen and oxygen atoms in total. The van der Waals surface area contributed by atoms with Gasteiger partial charge in [0.25, 0.3) is 10.0 Å². The molecule has 0 bridgehead atoms. The second kappa shape index (κ2) is 13.4. The molecule has 2 amide bonds. The smallest absolute Gasteiger partial charge is 0.264 e. The van der Waals surface area contributed by atoms with E-state index in [1.165, 1.54) is 4.90 Å². The summed E-state index contributed by atoms with van der Waals surface area (Å²) in [7, 11) is -4.07. The van der Waals surface area contributed by atoms with Crippen LogP contribution in [0.5, 0.6) is 0 Å². The molecule has 1 atom stereocenters. The van der Waals surface area contributed by atoms with Gasteiger partial charge < -0.3 is 10.2 Å². The molecule has 0 heterocycles. The lowest BCUT2D eigenvalue weighted by atomic mass is 10.1. The molecular weight excluding hydrogens is 510 g/mol. The van der Waals surface area contributed by atoms with Crippen LogP contribution < -0.4 is 9.62 Å². The first-order valence-electron chi connectivity index (χ1n) is 13.4. The summed E-state index contributed by atoms with van der Waals surface area (Å²) < 4.78 is 28.9. The molecule has 0 spiro atoms. The van der Waals surface area contributed by atoms with Crippen LogP contribution in [0, 0.1) is 20.8 Å². The first-order chi connectivity index (χ1) is 18.6. The van der Waals surface area contributed by atoms with Gasteiger partial charge in [0.05, 0.1) is 10.6 Å². The molecule has 39 heavy (non-hydrogen) atoms. The highest BCUT2D eigenvalue weighted by atomic mass is 32.2. The Bertz CT molecular complexity index is 1370. The molecule has 0 fully saturated rings. The third kappa shape index (κ3) is 7.69. The number of hydrogen-bond donors (Lipinski definition) is 1. The van der Waals surface area contributed by atoms with Crippen LogP contribution >= 0.6 is 0 Å². The van der Waals surface area contributed by atoms with Crippen LogP contribution in [0.4, 0.5) is 5.69 Å². The number of benzene rings is 3. The predicted octanol–water partition coefficient (Wildman–Crippen LogP) is 5.14. The maximum atomic E-state index is 14.0. The number of carbonyl (C=O) groups is 2. The molecule has 0 aliphatic heterocycles. The Labute approximate surface area is 232 Å². The van der Waals surface area contributed by atoms with Crippen molar-refractivity contribution in [2.24, 2.45) is 0 Å². The zero-order valence-electron chi connectivity index (χ0n) is 23.5. The van der Waals surface area contributed by atoms with Crippen molar-refractivity contribution < 1.29 is 18.0 Å². The van der Waals surface area contributed by atoms with Gasteiger partial charge in [-0.1, -0.05) is 79.1 Å². The van der Waals surface area contributed by atoms with E-state index in [1.54, 1.807) is 36.4 Å². The highest BCUT2D eigenvalue weighted by molar-refractivity contribution is 7.92. The van der Waals surface area contributed by atoms with E-state index in [2.05, 4.69) is 5.32 Å². The van der Waals surface area contributed by atoms with Gasteiger partial charge in [0, 0.05) is 13.1 Å². The highest BCUT2D eigenvalue weighted by Crippen LogP contribution is 2.25. The average molecular weight is 550 g/mol. The van der Waals surface area contributed by atoms with E-state index in [0.717, 1.165) is 33.0 Å². The minimum atomic E-state index is -4.07. The summed E-state index contributed by atoms with van der Waals surface area (Å²) in [4.78, 5) is 28.8. The molecule has 1 N–H and O–H groups in total. The molecule has 0 aliphatic rings. The van der Waals surface area contributed by atoms with Gasteiger partial charge in [-0.3, -0.25) is 13.9 Å². The van der Waals surface area contributed by atoms with E-state index in [1.807, 2.05) is 71.0 Å². The van der Waals surface area contributed by atoms with Crippen molar-refractivity contribution in [3.63, 3.8) is 0 Å². The largest absolute Gasteiger partial charge is 0.354 e. The van der Waals surface area contributed by atoms with Crippen LogP contribution in [0.15, 0.2) is 77.7 Å². The maximum Gasteiger partial charge on any atom is 0.264 e. The number of carbonyl (C=O) groups excluding carboxylic acids is 2. The lowest BCUT2D eigenvalue weighted by Crippen LogP contribution is -2.52. The molecule has 0 saturated heterocycles. The summed E-state index contributed by atoms with van der Waals surface area (Å²) in [5.74, 6) is -0.699. The van der Waals surface area contributed by atoms with Crippen molar-refractivity contribution in [2.75, 3.05) is 17.4 Å². The molecule has 3 rings (SSSR count). The van der Waals surface area contributed by atoms with Crippen LogP contribution in [0.1, 0.15) is 48.9 Å². The Balaban J connectivity index is 2.04. The van der Waals surface area contributed by atoms with Crippen LogP contribution in [-0.2, 0) is 26.2 Å². The van der Waals surface area contributed by atoms with Gasteiger partial charge >= 0.3 is 0 Å². The molecule has 1 unspecified atom stereocenters. The topological polar surface area (TPSA) is 86.8 Å². The number of sulfonamides is 1. The number of aryl methyl sites for hydroxylation is 3. The number of nitrogens with zero attached hydrogens (tertiary/aromatic N) is 2. The molecule has 0 aliphatic carbocycles. The van der Waals surface area contributed by atoms with Crippen molar-refractivity contribution >= 4 is 27.5 Å². The Hall–Kier alpha value is -3.65. The van der Waals surface area contributed by atoms with Crippen LogP contribution in [0.25, 0.3) is 0 Å². The average Bonchev–Trinajstić information content (AvgIpc) is 2.91. The summed E-state index contributed by atoms with van der Waals surface area (Å²) in [6, 6.07) is 20.6. The van der Waals surface area contributed by atoms with Gasteiger partial charge in [0.2, 0.25) is 11.8 Å². The predicted molar refractivity (Wildman–Crippen MR) is 156 cm³/mol. The van der Waals surface area contributed by atoms with Crippen LogP contribution in [-0.4, -0.2) is 44.3 Å². The monoisotopic (exact) mass is 549 g/mol. The van der Waals surface area contributed by atoms with Crippen LogP contribution in [0.2, 0.25) is 0 Å². The van der Waals surface area contributed by atoms with E-state index < -0.39 is 28.5 Å². The fourth-order valence-electron chi connectivity index (χ4n) is 4.37. The number of anilines is 1. The van der Waals surface area contributed by atoms with Gasteiger partial charge in [-0.15, -0.1) is 0 Å². The van der Waals surface area contributed by atoms with E-state index in [4.69, 9.17) is 0 Å². The number of amides is 2. The minimum Gasteiger partial charge on any atom is -0.354 e. The standard InChI is InChI=1S/C31H39N3O4S/c1-6-19-32-31(36)29(7-2)33(21-26-10-8-9-25(5)20-26)30(35)22-34(27-15-11-23(3)12-16-27)39(37,38)28-17-13-24(4)14-18-28/h8-18,20,29H,6-7,19,21-22H2,1-5H3,(H,32,36). The highest BCUT2D eigenvalue weighted by Gasteiger charge is 2.33. The zero-order valence-corrected chi connectivity index (χ0v) is 24.3. The molecule has 208 valence electrons. The number of rotatable bonds is 12. The lowest BCUT2D eigenvalue weighted by molar-refractivity contribution is -0.140. The van der Waals surface area contributed by atoms with E-state index >= 15 is 0 Å². The molecule has 0 saturated carbocycles. The van der Waals surface area contributed by atoms with Gasteiger partial charge in [-0.05, 0) is 63.4 Å². The fraction of sp³-hybridized carbons (Fsp3) is 0.355. The van der Waals surface area contributed by atoms with Crippen molar-refractivity contribution in [1.29, 1.82) is 0 Å². The SMILES string of the molecule is CCCNC(=O)C(CC)N(Cc1cccc(C)c1)C(=O)CN(c1ccc(C)cc1)S(=O)(=O)c1ccc(C)cc1. The molecule has 0 aromatic heterocycles. The molecule has 0 radical (unpaired) electrons. The second-order valence-electron chi connectivity index (χ2n) is 9.89. The number of hydrogen-bond acceptors (Lipinski definition) is 4. The molecule has 8 heteroatoms. The van der Waals surface area contributed by atoms with Gasteiger partial charge in [0.1, 0.15) is 12.6 Å². The zero-order chi connectivity index (χ0) is 28.6. The summed E-state index contributed by atoms with van der Waals surface area (Å²) in [6.45, 7) is 9.83. The summed E-state index contributed by atoms with van der Waals surface area (Å²) in [5, 5.41) is 2.90. The Morgan fingerprint density at radius 3 is 2.03 bits per heavy atom. The normalized spacial score (nSPS) is 12.0. The first kappa shape index (κ1) is 29.9. The molecule has 3 aromatic rings. The molecule has 3 aromatic carbocycles. The third-order valence-electron chi connectivity index (χ3n) is 6.58. The Kier molecular flexibility index (Phi) is 10.3. The summed E-state index contributed by atoms with van der Waals surface area (Å²) >= 11 is 0. The van der Waals surface area contributed by atoms with Crippen LogP contribution in [0.3, 0.4) is 0 Å². The number of nitrogens with one attached hydrogen (secondary N) is 1. The quantitative estimate of drug-likeness (QED) is 0.339. The Morgan fingerprint density at radius 2 is 1.46 bits per heavy atom. The third-order valence-corrected chi connectivity index (χ3v) is 8.37. The summed E-state index contributed by atoms with van der Waals surface area (Å²) in [6.07, 6.45) is 1.16. The second-order valence-corrected chi connectivity index (χ2v) is 11.7. The van der Waals surface area contributed by atoms with Gasteiger partial charge in [-0.25, -0.2) is 8.42 Å². The molecular formula is C31H39N3O4S. The first-order valence-corrected chi connectivity index (χ1v) is 14.8. The summed E-state index contributed by atoms with van der Waals surface area (Å²) in [5.41, 5.74) is 4.19. The van der Waals surface area contributed by atoms with Crippen molar-refractivity contribution in [1.82, 2.24) is 10.2 Å². The van der Waals surface area contributed by atoms with E-state index in [0.29, 0.717) is 18.7 Å². The lowest BCUT2D eigenvalue weighted by Gasteiger charge is -2.33. The Morgan fingerprint density at radius 1 is 0.846 bits per heavy atom. The maximum absolute atomic E-state index is 14.0. The van der Waals surface area contributed by atoms with E-state index in [-0.39, 0.29) is 17.3 Å². The van der Waals surface area contributed by atoms with Crippen molar-refractivity contribution in [3.8, 4) is 0 Å². The van der Waals surface area contributed by atoms with Crippen molar-refractivity contribution in [2.45, 2.75) is 64.9 Å². The van der Waals surface area contributed by atoms with Gasteiger partial charge in [0.15, 0.2) is 0 Å². The van der Waals surface area contributed by atoms with Crippen molar-refractivity contribution in [3.05, 3.63) is 95.1 Å². The fourth-order valence-corrected chi connectivity index (χ4v) is 5.78. The minimum absolute atomic E-state index is 0.0967. The van der Waals surface area contributed by atoms with Gasteiger partial charge in [-0.2, -0.15) is 0 Å². The van der Waals surface area contributed by atoms with E-state index in [9.17, 15) is 18.0 Å².